The second-order valence-corrected chi connectivity index (χ2v) is 5.97. The number of alkyl halides is 2. The molecule has 0 atom stereocenters. The molecule has 25 heavy (non-hydrogen) atoms. The van der Waals surface area contributed by atoms with Crippen LogP contribution < -0.4 is 15.4 Å². The molecule has 0 aliphatic carbocycles. The van der Waals surface area contributed by atoms with Crippen LogP contribution in [0.3, 0.4) is 0 Å². The van der Waals surface area contributed by atoms with Gasteiger partial charge in [-0.15, -0.1) is 11.8 Å². The highest BCUT2D eigenvalue weighted by molar-refractivity contribution is 8.00. The quantitative estimate of drug-likeness (QED) is 0.728. The molecule has 2 N–H and O–H groups in total. The Morgan fingerprint density at radius 1 is 1.08 bits per heavy atom. The van der Waals surface area contributed by atoms with Crippen LogP contribution in [0.5, 0.6) is 5.75 Å². The molecule has 132 valence electrons. The van der Waals surface area contributed by atoms with Crippen LogP contribution in [-0.2, 0) is 9.59 Å². The Balaban J connectivity index is 1.90. The highest BCUT2D eigenvalue weighted by Gasteiger charge is 2.11. The number of thioether (sulfide) groups is 1. The first-order valence-corrected chi connectivity index (χ1v) is 8.27. The topological polar surface area (TPSA) is 67.4 Å². The van der Waals surface area contributed by atoms with E-state index in [0.29, 0.717) is 5.69 Å². The number of hydrogen-bond acceptors (Lipinski definition) is 4. The number of para-hydroxylation sites is 2. The van der Waals surface area contributed by atoms with Gasteiger partial charge in [-0.05, 0) is 36.4 Å². The van der Waals surface area contributed by atoms with Gasteiger partial charge in [-0.25, -0.2) is 0 Å². The summed E-state index contributed by atoms with van der Waals surface area (Å²) < 4.78 is 29.1. The fourth-order valence-electron chi connectivity index (χ4n) is 1.94. The van der Waals surface area contributed by atoms with E-state index >= 15 is 0 Å². The number of benzene rings is 2. The lowest BCUT2D eigenvalue weighted by atomic mass is 10.3. The largest absolute Gasteiger partial charge is 0.433 e. The Bertz CT molecular complexity index is 739. The summed E-state index contributed by atoms with van der Waals surface area (Å²) in [5.41, 5.74) is 0.855. The predicted octanol–water partition coefficient (Wildman–Crippen LogP) is 3.98. The van der Waals surface area contributed by atoms with Crippen LogP contribution in [0.25, 0.3) is 0 Å². The number of halogens is 2. The lowest BCUT2D eigenvalue weighted by Crippen LogP contribution is -2.15. The van der Waals surface area contributed by atoms with E-state index in [1.807, 2.05) is 0 Å². The van der Waals surface area contributed by atoms with Crippen molar-refractivity contribution in [2.45, 2.75) is 18.4 Å². The Labute approximate surface area is 147 Å². The number of nitrogens with one attached hydrogen (secondary N) is 2. The molecule has 0 saturated heterocycles. The van der Waals surface area contributed by atoms with Crippen molar-refractivity contribution >= 4 is 35.0 Å². The van der Waals surface area contributed by atoms with E-state index in [0.717, 1.165) is 4.90 Å². The number of anilines is 2. The SMILES string of the molecule is CC(=O)Nc1ccc(SCC(=O)Nc2ccccc2OC(F)F)cc1. The number of carbonyl (C=O) groups is 2. The third-order valence-electron chi connectivity index (χ3n) is 2.92. The molecular weight excluding hydrogens is 350 g/mol. The summed E-state index contributed by atoms with van der Waals surface area (Å²) >= 11 is 1.28. The van der Waals surface area contributed by atoms with Gasteiger partial charge < -0.3 is 15.4 Å². The maximum Gasteiger partial charge on any atom is 0.387 e. The highest BCUT2D eigenvalue weighted by Crippen LogP contribution is 2.26. The second kappa shape index (κ2) is 9.03. The molecule has 0 heterocycles. The zero-order valence-electron chi connectivity index (χ0n) is 13.3. The van der Waals surface area contributed by atoms with Crippen molar-refractivity contribution in [3.63, 3.8) is 0 Å². The normalized spacial score (nSPS) is 10.4. The summed E-state index contributed by atoms with van der Waals surface area (Å²) in [7, 11) is 0. The zero-order valence-corrected chi connectivity index (χ0v) is 14.1. The third kappa shape index (κ3) is 6.42. The summed E-state index contributed by atoms with van der Waals surface area (Å²) in [6.45, 7) is -1.54. The minimum Gasteiger partial charge on any atom is -0.433 e. The average molecular weight is 366 g/mol. The molecule has 0 aromatic heterocycles. The summed E-state index contributed by atoms with van der Waals surface area (Å²) in [4.78, 5) is 23.8. The fourth-order valence-corrected chi connectivity index (χ4v) is 2.64. The van der Waals surface area contributed by atoms with Gasteiger partial charge in [-0.2, -0.15) is 8.78 Å². The van der Waals surface area contributed by atoms with Gasteiger partial charge in [0.05, 0.1) is 11.4 Å². The molecule has 0 aliphatic heterocycles. The lowest BCUT2D eigenvalue weighted by molar-refractivity contribution is -0.114. The van der Waals surface area contributed by atoms with E-state index in [-0.39, 0.29) is 29.0 Å². The maximum atomic E-state index is 12.4. The van der Waals surface area contributed by atoms with E-state index in [4.69, 9.17) is 0 Å². The van der Waals surface area contributed by atoms with E-state index in [1.54, 1.807) is 36.4 Å². The van der Waals surface area contributed by atoms with Gasteiger partial charge in [0, 0.05) is 17.5 Å². The van der Waals surface area contributed by atoms with Gasteiger partial charge in [0.15, 0.2) is 0 Å². The summed E-state index contributed by atoms with van der Waals surface area (Å²) in [5, 5.41) is 5.20. The van der Waals surface area contributed by atoms with Crippen LogP contribution >= 0.6 is 11.8 Å². The van der Waals surface area contributed by atoms with Crippen molar-refractivity contribution in [2.75, 3.05) is 16.4 Å². The van der Waals surface area contributed by atoms with Crippen LogP contribution in [0, 0.1) is 0 Å². The number of amides is 2. The molecule has 5 nitrogen and oxygen atoms in total. The maximum absolute atomic E-state index is 12.4. The molecule has 2 aromatic rings. The van der Waals surface area contributed by atoms with Crippen LogP contribution in [-0.4, -0.2) is 24.2 Å². The van der Waals surface area contributed by atoms with Crippen LogP contribution in [0.1, 0.15) is 6.92 Å². The predicted molar refractivity (Wildman–Crippen MR) is 93.2 cm³/mol. The molecule has 0 unspecified atom stereocenters. The molecule has 0 bridgehead atoms. The minimum atomic E-state index is -2.96. The van der Waals surface area contributed by atoms with Gasteiger partial charge in [0.25, 0.3) is 0 Å². The minimum absolute atomic E-state index is 0.0875. The number of rotatable bonds is 7. The van der Waals surface area contributed by atoms with Crippen LogP contribution in [0.2, 0.25) is 0 Å². The van der Waals surface area contributed by atoms with Crippen molar-refractivity contribution in [1.82, 2.24) is 0 Å². The van der Waals surface area contributed by atoms with Gasteiger partial charge in [-0.3, -0.25) is 9.59 Å². The van der Waals surface area contributed by atoms with E-state index in [2.05, 4.69) is 15.4 Å². The Morgan fingerprint density at radius 3 is 2.40 bits per heavy atom. The monoisotopic (exact) mass is 366 g/mol. The highest BCUT2D eigenvalue weighted by atomic mass is 32.2. The van der Waals surface area contributed by atoms with Crippen molar-refractivity contribution in [3.05, 3.63) is 48.5 Å². The molecule has 0 aliphatic rings. The number of ether oxygens (including phenoxy) is 1. The Hall–Kier alpha value is -2.61. The van der Waals surface area contributed by atoms with Gasteiger partial charge in [0.2, 0.25) is 11.8 Å². The Kier molecular flexibility index (Phi) is 6.76. The van der Waals surface area contributed by atoms with Crippen LogP contribution in [0.15, 0.2) is 53.4 Å². The van der Waals surface area contributed by atoms with E-state index < -0.39 is 6.61 Å². The lowest BCUT2D eigenvalue weighted by Gasteiger charge is -2.11. The van der Waals surface area contributed by atoms with E-state index in [9.17, 15) is 18.4 Å². The number of carbonyl (C=O) groups excluding carboxylic acids is 2. The smallest absolute Gasteiger partial charge is 0.387 e. The fraction of sp³-hybridized carbons (Fsp3) is 0.176. The Morgan fingerprint density at radius 2 is 1.76 bits per heavy atom. The first kappa shape index (κ1) is 18.7. The first-order chi connectivity index (χ1) is 11.9. The molecule has 0 fully saturated rings. The average Bonchev–Trinajstić information content (AvgIpc) is 2.55. The first-order valence-electron chi connectivity index (χ1n) is 7.28. The standard InChI is InChI=1S/C17H16F2N2O3S/c1-11(22)20-12-6-8-13(9-7-12)25-10-16(23)21-14-4-2-3-5-15(14)24-17(18)19/h2-9,17H,10H2,1H3,(H,20,22)(H,21,23). The van der Waals surface area contributed by atoms with Crippen LogP contribution in [0.4, 0.5) is 20.2 Å². The van der Waals surface area contributed by atoms with Crippen molar-refractivity contribution in [2.24, 2.45) is 0 Å². The van der Waals surface area contributed by atoms with Crippen molar-refractivity contribution in [1.29, 1.82) is 0 Å². The van der Waals surface area contributed by atoms with Gasteiger partial charge in [-0.1, -0.05) is 12.1 Å². The van der Waals surface area contributed by atoms with E-state index in [1.165, 1.54) is 30.8 Å². The summed E-state index contributed by atoms with van der Waals surface area (Å²) in [5.74, 6) is -0.496. The summed E-state index contributed by atoms with van der Waals surface area (Å²) in [6.07, 6.45) is 0. The van der Waals surface area contributed by atoms with Crippen molar-refractivity contribution in [3.8, 4) is 5.75 Å². The van der Waals surface area contributed by atoms with Gasteiger partial charge >= 0.3 is 6.61 Å². The molecule has 2 rings (SSSR count). The molecule has 8 heteroatoms. The molecule has 0 spiro atoms. The molecular formula is C17H16F2N2O3S. The molecule has 0 saturated carbocycles. The third-order valence-corrected chi connectivity index (χ3v) is 3.93. The molecule has 2 aromatic carbocycles. The molecule has 2 amide bonds. The van der Waals surface area contributed by atoms with Crippen molar-refractivity contribution < 1.29 is 23.1 Å². The zero-order chi connectivity index (χ0) is 18.2. The number of hydrogen-bond donors (Lipinski definition) is 2. The molecule has 0 radical (unpaired) electrons. The second-order valence-electron chi connectivity index (χ2n) is 4.92. The summed E-state index contributed by atoms with van der Waals surface area (Å²) in [6, 6.07) is 13.0. The van der Waals surface area contributed by atoms with Gasteiger partial charge in [0.1, 0.15) is 5.75 Å².